The highest BCUT2D eigenvalue weighted by atomic mass is 19.1. The van der Waals surface area contributed by atoms with E-state index in [9.17, 15) is 4.39 Å². The fraction of sp³-hybridized carbons (Fsp3) is 0.417. The van der Waals surface area contributed by atoms with Crippen LogP contribution < -0.4 is 10.1 Å². The third kappa shape index (κ3) is 3.52. The molecule has 86 valence electrons. The summed E-state index contributed by atoms with van der Waals surface area (Å²) in [5.41, 5.74) is 0.856. The van der Waals surface area contributed by atoms with Crippen LogP contribution in [0.3, 0.4) is 0 Å². The Balaban J connectivity index is 2.60. The van der Waals surface area contributed by atoms with Gasteiger partial charge in [-0.25, -0.2) is 4.39 Å². The molecule has 3 nitrogen and oxygen atoms in total. The van der Waals surface area contributed by atoms with Crippen LogP contribution in [0, 0.1) is 24.1 Å². The Morgan fingerprint density at radius 3 is 2.94 bits per heavy atom. The molecule has 0 amide bonds. The van der Waals surface area contributed by atoms with Crippen molar-refractivity contribution in [1.82, 2.24) is 5.32 Å². The fourth-order valence-electron chi connectivity index (χ4n) is 1.29. The minimum absolute atomic E-state index is 0.217. The Hall–Kier alpha value is -1.60. The van der Waals surface area contributed by atoms with Crippen LogP contribution in [-0.4, -0.2) is 19.2 Å². The zero-order valence-corrected chi connectivity index (χ0v) is 9.46. The Morgan fingerprint density at radius 1 is 1.56 bits per heavy atom. The van der Waals surface area contributed by atoms with Crippen LogP contribution in [0.15, 0.2) is 18.2 Å². The predicted molar refractivity (Wildman–Crippen MR) is 59.7 cm³/mol. The standard InChI is InChI=1S/C12H15FN2O/c1-3-15-11(7-14)8-16-12-6-10(13)5-4-9(12)2/h4-6,11,15H,3,8H2,1-2H3. The molecule has 1 aromatic carbocycles. The normalized spacial score (nSPS) is 11.9. The van der Waals surface area contributed by atoms with Crippen LogP contribution >= 0.6 is 0 Å². The van der Waals surface area contributed by atoms with Gasteiger partial charge in [-0.1, -0.05) is 13.0 Å². The van der Waals surface area contributed by atoms with Crippen LogP contribution in [-0.2, 0) is 0 Å². The van der Waals surface area contributed by atoms with E-state index in [1.807, 2.05) is 13.8 Å². The highest BCUT2D eigenvalue weighted by molar-refractivity contribution is 5.32. The zero-order chi connectivity index (χ0) is 12.0. The minimum atomic E-state index is -0.368. The van der Waals surface area contributed by atoms with Crippen LogP contribution in [0.4, 0.5) is 4.39 Å². The summed E-state index contributed by atoms with van der Waals surface area (Å²) in [5, 5.41) is 11.7. The van der Waals surface area contributed by atoms with Gasteiger partial charge in [0, 0.05) is 6.07 Å². The molecule has 1 unspecified atom stereocenters. The summed E-state index contributed by atoms with van der Waals surface area (Å²) in [4.78, 5) is 0. The van der Waals surface area contributed by atoms with Crippen molar-refractivity contribution < 1.29 is 9.13 Å². The van der Waals surface area contributed by atoms with Gasteiger partial charge in [0.2, 0.25) is 0 Å². The van der Waals surface area contributed by atoms with Crippen molar-refractivity contribution in [2.24, 2.45) is 0 Å². The summed E-state index contributed by atoms with van der Waals surface area (Å²) in [6, 6.07) is 6.07. The second-order valence-corrected chi connectivity index (χ2v) is 3.46. The molecule has 0 aromatic heterocycles. The monoisotopic (exact) mass is 222 g/mol. The van der Waals surface area contributed by atoms with Gasteiger partial charge in [-0.2, -0.15) is 5.26 Å². The van der Waals surface area contributed by atoms with E-state index in [-0.39, 0.29) is 18.5 Å². The lowest BCUT2D eigenvalue weighted by Gasteiger charge is -2.13. The number of nitriles is 1. The number of rotatable bonds is 5. The van der Waals surface area contributed by atoms with Crippen molar-refractivity contribution in [1.29, 1.82) is 5.26 Å². The van der Waals surface area contributed by atoms with Gasteiger partial charge in [0.05, 0.1) is 6.07 Å². The van der Waals surface area contributed by atoms with Crippen LogP contribution in [0.5, 0.6) is 5.75 Å². The molecule has 0 saturated heterocycles. The molecule has 0 aliphatic carbocycles. The lowest BCUT2D eigenvalue weighted by atomic mass is 10.2. The van der Waals surface area contributed by atoms with Crippen molar-refractivity contribution in [3.05, 3.63) is 29.6 Å². The molecular formula is C12H15FN2O. The summed E-state index contributed by atoms with van der Waals surface area (Å²) in [6.45, 7) is 4.67. The van der Waals surface area contributed by atoms with Crippen molar-refractivity contribution >= 4 is 0 Å². The molecule has 0 fully saturated rings. The lowest BCUT2D eigenvalue weighted by Crippen LogP contribution is -2.33. The first-order chi connectivity index (χ1) is 7.67. The molecule has 0 aliphatic heterocycles. The van der Waals surface area contributed by atoms with Gasteiger partial charge in [-0.15, -0.1) is 0 Å². The second-order valence-electron chi connectivity index (χ2n) is 3.46. The van der Waals surface area contributed by atoms with Gasteiger partial charge >= 0.3 is 0 Å². The third-order valence-corrected chi connectivity index (χ3v) is 2.16. The first-order valence-electron chi connectivity index (χ1n) is 5.19. The zero-order valence-electron chi connectivity index (χ0n) is 9.46. The SMILES string of the molecule is CCNC(C#N)COc1cc(F)ccc1C. The van der Waals surface area contributed by atoms with Crippen molar-refractivity contribution in [3.63, 3.8) is 0 Å². The molecule has 0 saturated carbocycles. The van der Waals surface area contributed by atoms with Gasteiger partial charge in [0.1, 0.15) is 24.2 Å². The number of nitrogens with zero attached hydrogens (tertiary/aromatic N) is 1. The first-order valence-corrected chi connectivity index (χ1v) is 5.19. The van der Waals surface area contributed by atoms with Crippen molar-refractivity contribution in [3.8, 4) is 11.8 Å². The Labute approximate surface area is 94.8 Å². The number of ether oxygens (including phenoxy) is 1. The summed E-state index contributed by atoms with van der Waals surface area (Å²) < 4.78 is 18.3. The van der Waals surface area contributed by atoms with Gasteiger partial charge in [0.15, 0.2) is 0 Å². The van der Waals surface area contributed by atoms with E-state index in [4.69, 9.17) is 10.00 Å². The van der Waals surface area contributed by atoms with E-state index in [2.05, 4.69) is 11.4 Å². The summed E-state index contributed by atoms with van der Waals surface area (Å²) >= 11 is 0. The maximum absolute atomic E-state index is 12.9. The molecule has 1 N–H and O–H groups in total. The predicted octanol–water partition coefficient (Wildman–Crippen LogP) is 2.01. The average Bonchev–Trinajstić information content (AvgIpc) is 2.28. The van der Waals surface area contributed by atoms with Gasteiger partial charge in [-0.05, 0) is 25.1 Å². The molecule has 0 bridgehead atoms. The number of hydrogen-bond donors (Lipinski definition) is 1. The summed E-state index contributed by atoms with van der Waals surface area (Å²) in [6.07, 6.45) is 0. The molecule has 1 atom stereocenters. The van der Waals surface area contributed by atoms with Gasteiger partial charge in [0.25, 0.3) is 0 Å². The molecular weight excluding hydrogens is 207 g/mol. The smallest absolute Gasteiger partial charge is 0.130 e. The molecule has 0 spiro atoms. The van der Waals surface area contributed by atoms with Gasteiger partial charge in [-0.3, -0.25) is 5.32 Å². The van der Waals surface area contributed by atoms with Crippen LogP contribution in [0.25, 0.3) is 0 Å². The molecule has 1 aromatic rings. The quantitative estimate of drug-likeness (QED) is 0.829. The van der Waals surface area contributed by atoms with Crippen LogP contribution in [0.2, 0.25) is 0 Å². The van der Waals surface area contributed by atoms with E-state index in [1.54, 1.807) is 6.07 Å². The van der Waals surface area contributed by atoms with Crippen molar-refractivity contribution in [2.75, 3.05) is 13.2 Å². The molecule has 0 aliphatic rings. The minimum Gasteiger partial charge on any atom is -0.490 e. The third-order valence-electron chi connectivity index (χ3n) is 2.16. The van der Waals surface area contributed by atoms with Crippen LogP contribution in [0.1, 0.15) is 12.5 Å². The Morgan fingerprint density at radius 2 is 2.31 bits per heavy atom. The molecule has 1 rings (SSSR count). The van der Waals surface area contributed by atoms with E-state index in [1.165, 1.54) is 12.1 Å². The lowest BCUT2D eigenvalue weighted by molar-refractivity contribution is 0.288. The Bertz CT molecular complexity index is 387. The molecule has 4 heteroatoms. The van der Waals surface area contributed by atoms with E-state index in [0.29, 0.717) is 12.3 Å². The highest BCUT2D eigenvalue weighted by Gasteiger charge is 2.08. The van der Waals surface area contributed by atoms with Crippen molar-refractivity contribution in [2.45, 2.75) is 19.9 Å². The molecule has 0 radical (unpaired) electrons. The second kappa shape index (κ2) is 6.09. The van der Waals surface area contributed by atoms with E-state index < -0.39 is 0 Å². The highest BCUT2D eigenvalue weighted by Crippen LogP contribution is 2.18. The maximum Gasteiger partial charge on any atom is 0.130 e. The van der Waals surface area contributed by atoms with Gasteiger partial charge < -0.3 is 4.74 Å². The number of benzene rings is 1. The average molecular weight is 222 g/mol. The summed E-state index contributed by atoms with van der Waals surface area (Å²) in [7, 11) is 0. The first kappa shape index (κ1) is 12.5. The number of halogens is 1. The maximum atomic E-state index is 12.9. The number of nitrogens with one attached hydrogen (secondary N) is 1. The van der Waals surface area contributed by atoms with E-state index in [0.717, 1.165) is 5.56 Å². The number of hydrogen-bond acceptors (Lipinski definition) is 3. The Kier molecular flexibility index (Phi) is 4.74. The van der Waals surface area contributed by atoms with E-state index >= 15 is 0 Å². The molecule has 16 heavy (non-hydrogen) atoms. The topological polar surface area (TPSA) is 45.0 Å². The fourth-order valence-corrected chi connectivity index (χ4v) is 1.29. The largest absolute Gasteiger partial charge is 0.490 e. The number of aryl methyl sites for hydroxylation is 1. The number of likely N-dealkylation sites (N-methyl/N-ethyl adjacent to an activating group) is 1. The summed E-state index contributed by atoms with van der Waals surface area (Å²) in [5.74, 6) is 0.149. The molecule has 0 heterocycles.